The average Bonchev–Trinajstić information content (AvgIpc) is 1.91. The number of hydrogen-bond donors (Lipinski definition) is 1. The first-order valence-electron chi connectivity index (χ1n) is 3.16. The Morgan fingerprint density at radius 3 is 2.31 bits per heavy atom. The quantitative estimate of drug-likeness (QED) is 0.557. The van der Waals surface area contributed by atoms with Gasteiger partial charge in [-0.3, -0.25) is 0 Å². The summed E-state index contributed by atoms with van der Waals surface area (Å²) in [6, 6.07) is 5.86. The Labute approximate surface area is 99.0 Å². The SMILES string of the molecule is CS(=O)(=O)Oc1ccccc1O.[NaH]. The summed E-state index contributed by atoms with van der Waals surface area (Å²) in [6.45, 7) is 0. The Bertz CT molecular complexity index is 374. The summed E-state index contributed by atoms with van der Waals surface area (Å²) in [7, 11) is -3.56. The molecule has 0 heterocycles. The van der Waals surface area contributed by atoms with Crippen molar-refractivity contribution >= 4 is 39.7 Å². The van der Waals surface area contributed by atoms with Crippen LogP contribution < -0.4 is 4.18 Å². The first kappa shape index (κ1) is 12.8. The first-order valence-corrected chi connectivity index (χ1v) is 4.98. The maximum absolute atomic E-state index is 10.6. The van der Waals surface area contributed by atoms with Crippen LogP contribution in [0.5, 0.6) is 11.5 Å². The van der Waals surface area contributed by atoms with Crippen molar-refractivity contribution in [3.63, 3.8) is 0 Å². The topological polar surface area (TPSA) is 63.6 Å². The van der Waals surface area contributed by atoms with Gasteiger partial charge in [-0.2, -0.15) is 8.42 Å². The van der Waals surface area contributed by atoms with Crippen LogP contribution in [0.3, 0.4) is 0 Å². The van der Waals surface area contributed by atoms with Gasteiger partial charge in [0, 0.05) is 0 Å². The van der Waals surface area contributed by atoms with Crippen LogP contribution in [0.4, 0.5) is 0 Å². The second-order valence-electron chi connectivity index (χ2n) is 2.26. The fourth-order valence-corrected chi connectivity index (χ4v) is 1.16. The van der Waals surface area contributed by atoms with Crippen LogP contribution in [-0.4, -0.2) is 49.3 Å². The summed E-state index contributed by atoms with van der Waals surface area (Å²) in [6.07, 6.45) is 0.916. The number of para-hydroxylation sites is 2. The fraction of sp³-hybridized carbons (Fsp3) is 0.143. The predicted molar refractivity (Wildman–Crippen MR) is 50.7 cm³/mol. The molecule has 0 unspecified atom stereocenters. The van der Waals surface area contributed by atoms with E-state index < -0.39 is 10.1 Å². The van der Waals surface area contributed by atoms with E-state index in [1.54, 1.807) is 12.1 Å². The molecule has 0 radical (unpaired) electrons. The number of phenols is 1. The molecule has 13 heavy (non-hydrogen) atoms. The van der Waals surface area contributed by atoms with Gasteiger partial charge in [-0.05, 0) is 12.1 Å². The second kappa shape index (κ2) is 4.85. The average molecular weight is 212 g/mol. The number of aromatic hydroxyl groups is 1. The number of hydrogen-bond acceptors (Lipinski definition) is 4. The van der Waals surface area contributed by atoms with Crippen molar-refractivity contribution in [2.75, 3.05) is 6.26 Å². The molecule has 0 amide bonds. The molecule has 0 aliphatic rings. The van der Waals surface area contributed by atoms with E-state index in [9.17, 15) is 8.42 Å². The summed E-state index contributed by atoms with van der Waals surface area (Å²) in [5.41, 5.74) is 0. The van der Waals surface area contributed by atoms with E-state index >= 15 is 0 Å². The molecule has 0 saturated carbocycles. The number of rotatable bonds is 2. The maximum atomic E-state index is 10.6. The minimum atomic E-state index is -3.56. The zero-order chi connectivity index (χ0) is 9.19. The predicted octanol–water partition coefficient (Wildman–Crippen LogP) is 0.0821. The Hall–Kier alpha value is -0.230. The Balaban J connectivity index is 0.00000144. The van der Waals surface area contributed by atoms with Gasteiger partial charge in [-0.1, -0.05) is 12.1 Å². The molecule has 0 aliphatic carbocycles. The molecule has 4 nitrogen and oxygen atoms in total. The van der Waals surface area contributed by atoms with Crippen molar-refractivity contribution in [3.8, 4) is 11.5 Å². The van der Waals surface area contributed by atoms with Crippen LogP contribution >= 0.6 is 0 Å². The van der Waals surface area contributed by atoms with Crippen molar-refractivity contribution in [2.24, 2.45) is 0 Å². The number of benzene rings is 1. The molecule has 68 valence electrons. The molecule has 1 N–H and O–H groups in total. The Morgan fingerprint density at radius 2 is 1.85 bits per heavy atom. The third kappa shape index (κ3) is 4.52. The van der Waals surface area contributed by atoms with Crippen LogP contribution in [0.1, 0.15) is 0 Å². The first-order chi connectivity index (χ1) is 5.49. The van der Waals surface area contributed by atoms with Gasteiger partial charge in [0.15, 0.2) is 11.5 Å². The summed E-state index contributed by atoms with van der Waals surface area (Å²) >= 11 is 0. The molecule has 0 spiro atoms. The molecule has 1 rings (SSSR count). The molecule has 0 atom stereocenters. The van der Waals surface area contributed by atoms with Crippen molar-refractivity contribution in [1.29, 1.82) is 0 Å². The van der Waals surface area contributed by atoms with Gasteiger partial charge < -0.3 is 9.29 Å². The molecular weight excluding hydrogens is 203 g/mol. The Morgan fingerprint density at radius 1 is 1.31 bits per heavy atom. The van der Waals surface area contributed by atoms with E-state index in [-0.39, 0.29) is 41.1 Å². The summed E-state index contributed by atoms with van der Waals surface area (Å²) in [4.78, 5) is 0. The van der Waals surface area contributed by atoms with Gasteiger partial charge in [0.1, 0.15) is 0 Å². The second-order valence-corrected chi connectivity index (χ2v) is 3.83. The molecule has 0 saturated heterocycles. The van der Waals surface area contributed by atoms with Gasteiger partial charge >= 0.3 is 39.7 Å². The molecule has 0 fully saturated rings. The Kier molecular flexibility index (Phi) is 4.77. The molecule has 0 aliphatic heterocycles. The van der Waals surface area contributed by atoms with E-state index in [4.69, 9.17) is 5.11 Å². The zero-order valence-corrected chi connectivity index (χ0v) is 7.21. The number of phenolic OH excluding ortho intramolecular Hbond substituents is 1. The molecule has 6 heteroatoms. The normalized spacial score (nSPS) is 10.2. The molecule has 0 bridgehead atoms. The fourth-order valence-electron chi connectivity index (χ4n) is 0.691. The van der Waals surface area contributed by atoms with Crippen LogP contribution in [0, 0.1) is 0 Å². The van der Waals surface area contributed by atoms with E-state index in [0.717, 1.165) is 6.26 Å². The van der Waals surface area contributed by atoms with Gasteiger partial charge in [-0.15, -0.1) is 0 Å². The molecular formula is C7H9NaO4S. The monoisotopic (exact) mass is 212 g/mol. The standard InChI is InChI=1S/C7H8O4S.Na.H/c1-12(9,10)11-7-5-3-2-4-6(7)8;;/h2-5,8H,1H3;;. The zero-order valence-electron chi connectivity index (χ0n) is 6.39. The molecule has 1 aromatic carbocycles. The third-order valence-electron chi connectivity index (χ3n) is 1.11. The van der Waals surface area contributed by atoms with Crippen molar-refractivity contribution < 1.29 is 17.7 Å². The van der Waals surface area contributed by atoms with Gasteiger partial charge in [-0.25, -0.2) is 0 Å². The molecule has 0 aromatic heterocycles. The minimum absolute atomic E-state index is 0. The summed E-state index contributed by atoms with van der Waals surface area (Å²) in [5.74, 6) is -0.247. The summed E-state index contributed by atoms with van der Waals surface area (Å²) in [5, 5.41) is 9.08. The third-order valence-corrected chi connectivity index (χ3v) is 1.59. The van der Waals surface area contributed by atoms with Gasteiger partial charge in [0.05, 0.1) is 6.26 Å². The van der Waals surface area contributed by atoms with E-state index in [0.29, 0.717) is 0 Å². The summed E-state index contributed by atoms with van der Waals surface area (Å²) < 4.78 is 25.7. The van der Waals surface area contributed by atoms with Gasteiger partial charge in [0.25, 0.3) is 0 Å². The van der Waals surface area contributed by atoms with E-state index in [2.05, 4.69) is 4.18 Å². The van der Waals surface area contributed by atoms with Crippen molar-refractivity contribution in [2.45, 2.75) is 0 Å². The van der Waals surface area contributed by atoms with Crippen LogP contribution in [0.25, 0.3) is 0 Å². The van der Waals surface area contributed by atoms with Gasteiger partial charge in [0.2, 0.25) is 0 Å². The van der Waals surface area contributed by atoms with Crippen LogP contribution in [0.15, 0.2) is 24.3 Å². The van der Waals surface area contributed by atoms with Crippen LogP contribution in [0.2, 0.25) is 0 Å². The van der Waals surface area contributed by atoms with Crippen molar-refractivity contribution in [1.82, 2.24) is 0 Å². The molecule has 1 aromatic rings. The van der Waals surface area contributed by atoms with Crippen LogP contribution in [-0.2, 0) is 10.1 Å². The van der Waals surface area contributed by atoms with E-state index in [1.165, 1.54) is 12.1 Å². The van der Waals surface area contributed by atoms with Crippen molar-refractivity contribution in [3.05, 3.63) is 24.3 Å². The van der Waals surface area contributed by atoms with E-state index in [1.807, 2.05) is 0 Å².